The topological polar surface area (TPSA) is 93.9 Å². The lowest BCUT2D eigenvalue weighted by atomic mass is 10.2. The highest BCUT2D eigenvalue weighted by Gasteiger charge is 2.39. The maximum absolute atomic E-state index is 13.9. The van der Waals surface area contributed by atoms with Gasteiger partial charge in [0.25, 0.3) is 5.69 Å². The summed E-state index contributed by atoms with van der Waals surface area (Å²) in [5.41, 5.74) is 2.06. The van der Waals surface area contributed by atoms with E-state index in [0.29, 0.717) is 11.3 Å². The maximum Gasteiger partial charge on any atom is 0.357 e. The number of nitrogens with one attached hydrogen (secondary N) is 1. The molecule has 0 aromatic heterocycles. The normalized spacial score (nSPS) is 12.8. The van der Waals surface area contributed by atoms with Crippen LogP contribution in [-0.4, -0.2) is 31.2 Å². The molecule has 0 saturated carbocycles. The molecule has 0 radical (unpaired) electrons. The first kappa shape index (κ1) is 23.9. The largest absolute Gasteiger partial charge is 0.378 e. The zero-order valence-electron chi connectivity index (χ0n) is 18.2. The molecule has 0 unspecified atom stereocenters. The molecular formula is C21H30N3O5P. The Morgan fingerprint density at radius 3 is 2.03 bits per heavy atom. The Balaban J connectivity index is 2.54. The summed E-state index contributed by atoms with van der Waals surface area (Å²) >= 11 is 0. The van der Waals surface area contributed by atoms with E-state index in [9.17, 15) is 14.7 Å². The predicted molar refractivity (Wildman–Crippen MR) is 120 cm³/mol. The van der Waals surface area contributed by atoms with Crippen molar-refractivity contribution in [2.45, 2.75) is 45.7 Å². The van der Waals surface area contributed by atoms with E-state index in [2.05, 4.69) is 5.32 Å². The van der Waals surface area contributed by atoms with Crippen molar-refractivity contribution >= 4 is 24.7 Å². The van der Waals surface area contributed by atoms with Crippen LogP contribution in [0.15, 0.2) is 48.5 Å². The van der Waals surface area contributed by atoms with Gasteiger partial charge in [-0.3, -0.25) is 14.7 Å². The minimum Gasteiger partial charge on any atom is -0.378 e. The standard InChI is InChI=1S/C21H30N3O5P/c1-15(2)28-30(27,29-16(3)4)21(17-10-12-19(13-11-17)23(5)6)22-18-8-7-9-20(14-18)24(25)26/h7-16,21-22H,1-6H3/t21-/m0/s1. The molecule has 2 aromatic carbocycles. The third-order valence-corrected chi connectivity index (χ3v) is 6.61. The van der Waals surface area contributed by atoms with Crippen LogP contribution in [0.3, 0.4) is 0 Å². The Kier molecular flexibility index (Phi) is 8.01. The van der Waals surface area contributed by atoms with Gasteiger partial charge in [0, 0.05) is 37.6 Å². The number of hydrogen-bond acceptors (Lipinski definition) is 7. The SMILES string of the molecule is CC(C)OP(=O)(OC(C)C)[C@H](Nc1cccc([N+](=O)[O-])c1)c1ccc(N(C)C)cc1. The molecule has 1 atom stereocenters. The fourth-order valence-corrected chi connectivity index (χ4v) is 5.21. The zero-order valence-corrected chi connectivity index (χ0v) is 19.1. The predicted octanol–water partition coefficient (Wildman–Crippen LogP) is 5.81. The second-order valence-corrected chi connectivity index (χ2v) is 9.71. The molecule has 0 heterocycles. The van der Waals surface area contributed by atoms with Gasteiger partial charge in [0.05, 0.1) is 17.1 Å². The van der Waals surface area contributed by atoms with E-state index < -0.39 is 18.3 Å². The number of rotatable bonds is 10. The van der Waals surface area contributed by atoms with Gasteiger partial charge in [0.15, 0.2) is 5.78 Å². The van der Waals surface area contributed by atoms with Crippen LogP contribution in [0.5, 0.6) is 0 Å². The molecule has 0 fully saturated rings. The Labute approximate surface area is 177 Å². The summed E-state index contributed by atoms with van der Waals surface area (Å²) in [6.07, 6.45) is -0.685. The molecule has 0 aliphatic rings. The maximum atomic E-state index is 13.9. The van der Waals surface area contributed by atoms with Crippen molar-refractivity contribution in [3.8, 4) is 0 Å². The van der Waals surface area contributed by atoms with Crippen molar-refractivity contribution in [1.29, 1.82) is 0 Å². The van der Waals surface area contributed by atoms with Gasteiger partial charge < -0.3 is 19.3 Å². The Bertz CT molecular complexity index is 886. The molecule has 0 bridgehead atoms. The van der Waals surface area contributed by atoms with E-state index in [1.807, 2.05) is 43.3 Å². The zero-order chi connectivity index (χ0) is 22.5. The first-order valence-corrected chi connectivity index (χ1v) is 11.4. The van der Waals surface area contributed by atoms with E-state index >= 15 is 0 Å². The van der Waals surface area contributed by atoms with Crippen LogP contribution >= 0.6 is 7.60 Å². The van der Waals surface area contributed by atoms with Crippen molar-refractivity contribution in [1.82, 2.24) is 0 Å². The highest BCUT2D eigenvalue weighted by atomic mass is 31.2. The summed E-state index contributed by atoms with van der Waals surface area (Å²) in [6.45, 7) is 7.15. The van der Waals surface area contributed by atoms with E-state index in [-0.39, 0.29) is 17.9 Å². The van der Waals surface area contributed by atoms with Gasteiger partial charge in [-0.15, -0.1) is 0 Å². The molecule has 164 valence electrons. The van der Waals surface area contributed by atoms with Gasteiger partial charge in [-0.2, -0.15) is 0 Å². The van der Waals surface area contributed by atoms with Crippen LogP contribution < -0.4 is 10.2 Å². The lowest BCUT2D eigenvalue weighted by Gasteiger charge is -2.31. The van der Waals surface area contributed by atoms with Crippen molar-refractivity contribution in [3.05, 3.63) is 64.2 Å². The number of nitro groups is 1. The fraction of sp³-hybridized carbons (Fsp3) is 0.429. The lowest BCUT2D eigenvalue weighted by molar-refractivity contribution is -0.384. The summed E-state index contributed by atoms with van der Waals surface area (Å²) in [5.74, 6) is -0.847. The lowest BCUT2D eigenvalue weighted by Crippen LogP contribution is -2.19. The van der Waals surface area contributed by atoms with Crippen LogP contribution in [0.4, 0.5) is 17.1 Å². The number of non-ortho nitro benzene ring substituents is 1. The summed E-state index contributed by atoms with van der Waals surface area (Å²) < 4.78 is 25.6. The monoisotopic (exact) mass is 435 g/mol. The van der Waals surface area contributed by atoms with Crippen LogP contribution in [-0.2, 0) is 13.6 Å². The van der Waals surface area contributed by atoms with E-state index in [1.54, 1.807) is 39.8 Å². The number of benzene rings is 2. The Morgan fingerprint density at radius 2 is 1.57 bits per heavy atom. The third kappa shape index (κ3) is 6.29. The summed E-state index contributed by atoms with van der Waals surface area (Å²) in [7, 11) is 0.165. The molecule has 8 nitrogen and oxygen atoms in total. The van der Waals surface area contributed by atoms with Crippen molar-refractivity contribution in [3.63, 3.8) is 0 Å². The van der Waals surface area contributed by atoms with Crippen molar-refractivity contribution < 1.29 is 18.5 Å². The summed E-state index contributed by atoms with van der Waals surface area (Å²) in [4.78, 5) is 12.7. The highest BCUT2D eigenvalue weighted by molar-refractivity contribution is 7.54. The Hall–Kier alpha value is -2.41. The highest BCUT2D eigenvalue weighted by Crippen LogP contribution is 2.62. The van der Waals surface area contributed by atoms with Gasteiger partial charge in [-0.05, 0) is 51.5 Å². The van der Waals surface area contributed by atoms with Crippen LogP contribution in [0.1, 0.15) is 39.0 Å². The fourth-order valence-electron chi connectivity index (χ4n) is 2.90. The minimum absolute atomic E-state index is 0.0638. The molecule has 1 N–H and O–H groups in total. The third-order valence-electron chi connectivity index (χ3n) is 4.12. The number of hydrogen-bond donors (Lipinski definition) is 1. The molecule has 0 spiro atoms. The summed E-state index contributed by atoms with van der Waals surface area (Å²) in [6, 6.07) is 13.6. The average Bonchev–Trinajstić information content (AvgIpc) is 2.65. The molecule has 9 heteroatoms. The molecule has 0 aliphatic carbocycles. The quantitative estimate of drug-likeness (QED) is 0.286. The molecule has 2 aromatic rings. The second kappa shape index (κ2) is 10.1. The van der Waals surface area contributed by atoms with Gasteiger partial charge in [0.2, 0.25) is 0 Å². The van der Waals surface area contributed by atoms with Gasteiger partial charge in [-0.25, -0.2) is 0 Å². The van der Waals surface area contributed by atoms with Crippen molar-refractivity contribution in [2.75, 3.05) is 24.3 Å². The number of anilines is 2. The molecule has 0 amide bonds. The smallest absolute Gasteiger partial charge is 0.357 e. The van der Waals surface area contributed by atoms with Gasteiger partial charge >= 0.3 is 7.60 Å². The Morgan fingerprint density at radius 1 is 1.00 bits per heavy atom. The average molecular weight is 435 g/mol. The van der Waals surface area contributed by atoms with Gasteiger partial charge in [0.1, 0.15) is 0 Å². The molecule has 0 aliphatic heterocycles. The number of nitrogens with zero attached hydrogens (tertiary/aromatic N) is 2. The first-order chi connectivity index (χ1) is 14.0. The van der Waals surface area contributed by atoms with E-state index in [4.69, 9.17) is 9.05 Å². The van der Waals surface area contributed by atoms with Crippen LogP contribution in [0, 0.1) is 10.1 Å². The van der Waals surface area contributed by atoms with E-state index in [1.165, 1.54) is 12.1 Å². The van der Waals surface area contributed by atoms with Crippen molar-refractivity contribution in [2.24, 2.45) is 0 Å². The molecular weight excluding hydrogens is 405 g/mol. The number of nitro benzene ring substituents is 1. The first-order valence-electron chi connectivity index (χ1n) is 9.76. The molecule has 0 saturated heterocycles. The van der Waals surface area contributed by atoms with Crippen LogP contribution in [0.25, 0.3) is 0 Å². The van der Waals surface area contributed by atoms with Crippen LogP contribution in [0.2, 0.25) is 0 Å². The molecule has 30 heavy (non-hydrogen) atoms. The van der Waals surface area contributed by atoms with E-state index in [0.717, 1.165) is 5.69 Å². The van der Waals surface area contributed by atoms with Gasteiger partial charge in [-0.1, -0.05) is 18.2 Å². The minimum atomic E-state index is -3.70. The second-order valence-electron chi connectivity index (χ2n) is 7.69. The molecule has 2 rings (SSSR count). The summed E-state index contributed by atoms with van der Waals surface area (Å²) in [5, 5.41) is 14.3.